The number of anilines is 2. The molecule has 1 atom stereocenters. The SMILES string of the molecule is Cc1nc(C)c(C(C)Nc2ncnc3ccc(N)cc23)s1. The Labute approximate surface area is 127 Å². The second kappa shape index (κ2) is 5.29. The van der Waals surface area contributed by atoms with E-state index in [1.165, 1.54) is 4.88 Å². The molecule has 0 spiro atoms. The highest BCUT2D eigenvalue weighted by Crippen LogP contribution is 2.29. The Morgan fingerprint density at radius 1 is 1.24 bits per heavy atom. The number of nitrogens with zero attached hydrogens (tertiary/aromatic N) is 3. The molecule has 0 amide bonds. The van der Waals surface area contributed by atoms with Crippen LogP contribution in [0.4, 0.5) is 11.5 Å². The van der Waals surface area contributed by atoms with Crippen LogP contribution in [0.3, 0.4) is 0 Å². The smallest absolute Gasteiger partial charge is 0.137 e. The van der Waals surface area contributed by atoms with Gasteiger partial charge in [0.2, 0.25) is 0 Å². The fourth-order valence-corrected chi connectivity index (χ4v) is 3.34. The summed E-state index contributed by atoms with van der Waals surface area (Å²) < 4.78 is 0. The van der Waals surface area contributed by atoms with Gasteiger partial charge in [0.15, 0.2) is 0 Å². The molecule has 3 aromatic rings. The number of aromatic nitrogens is 3. The number of nitrogen functional groups attached to an aromatic ring is 1. The van der Waals surface area contributed by atoms with Gasteiger partial charge in [-0.25, -0.2) is 15.0 Å². The molecule has 108 valence electrons. The molecule has 2 aromatic heterocycles. The highest BCUT2D eigenvalue weighted by molar-refractivity contribution is 7.11. The highest BCUT2D eigenvalue weighted by atomic mass is 32.1. The third-order valence-electron chi connectivity index (χ3n) is 3.35. The summed E-state index contributed by atoms with van der Waals surface area (Å²) >= 11 is 1.71. The van der Waals surface area contributed by atoms with Crippen LogP contribution in [-0.4, -0.2) is 15.0 Å². The van der Waals surface area contributed by atoms with Crippen LogP contribution in [0.2, 0.25) is 0 Å². The van der Waals surface area contributed by atoms with Crippen LogP contribution in [0.1, 0.15) is 28.5 Å². The van der Waals surface area contributed by atoms with Crippen molar-refractivity contribution in [2.24, 2.45) is 0 Å². The molecule has 1 unspecified atom stereocenters. The number of thiazole rings is 1. The third-order valence-corrected chi connectivity index (χ3v) is 4.60. The highest BCUT2D eigenvalue weighted by Gasteiger charge is 2.14. The van der Waals surface area contributed by atoms with Crippen LogP contribution in [-0.2, 0) is 0 Å². The van der Waals surface area contributed by atoms with E-state index < -0.39 is 0 Å². The van der Waals surface area contributed by atoms with Gasteiger partial charge in [-0.05, 0) is 39.0 Å². The van der Waals surface area contributed by atoms with Crippen molar-refractivity contribution in [3.8, 4) is 0 Å². The lowest BCUT2D eigenvalue weighted by atomic mass is 10.2. The number of hydrogen-bond acceptors (Lipinski definition) is 6. The van der Waals surface area contributed by atoms with Crippen LogP contribution in [0, 0.1) is 13.8 Å². The molecule has 3 rings (SSSR count). The molecule has 0 saturated carbocycles. The maximum atomic E-state index is 5.87. The zero-order valence-corrected chi connectivity index (χ0v) is 13.0. The van der Waals surface area contributed by atoms with E-state index in [0.717, 1.165) is 27.4 Å². The number of nitrogens with two attached hydrogens (primary N) is 1. The van der Waals surface area contributed by atoms with Crippen LogP contribution in [0.5, 0.6) is 0 Å². The first-order valence-corrected chi connectivity index (χ1v) is 7.57. The van der Waals surface area contributed by atoms with E-state index in [0.29, 0.717) is 5.69 Å². The van der Waals surface area contributed by atoms with Gasteiger partial charge in [0.1, 0.15) is 12.1 Å². The molecule has 6 heteroatoms. The van der Waals surface area contributed by atoms with Crippen molar-refractivity contribution in [1.82, 2.24) is 15.0 Å². The number of nitrogens with one attached hydrogen (secondary N) is 1. The number of benzene rings is 1. The average molecular weight is 299 g/mol. The Bertz CT molecular complexity index is 796. The van der Waals surface area contributed by atoms with Crippen LogP contribution in [0.25, 0.3) is 10.9 Å². The lowest BCUT2D eigenvalue weighted by molar-refractivity contribution is 0.881. The summed E-state index contributed by atoms with van der Waals surface area (Å²) in [7, 11) is 0. The quantitative estimate of drug-likeness (QED) is 0.724. The summed E-state index contributed by atoms with van der Waals surface area (Å²) in [6.07, 6.45) is 1.57. The van der Waals surface area contributed by atoms with Crippen molar-refractivity contribution in [1.29, 1.82) is 0 Å². The van der Waals surface area contributed by atoms with Crippen LogP contribution in [0.15, 0.2) is 24.5 Å². The number of aryl methyl sites for hydroxylation is 2. The molecule has 0 radical (unpaired) electrons. The summed E-state index contributed by atoms with van der Waals surface area (Å²) in [5, 5.41) is 5.46. The standard InChI is InChI=1S/C15H17N5S/c1-8-14(21-10(3)19-8)9(2)20-15-12-6-11(16)4-5-13(12)17-7-18-15/h4-7,9H,16H2,1-3H3,(H,17,18,20). The second-order valence-electron chi connectivity index (χ2n) is 5.05. The normalized spacial score (nSPS) is 12.5. The molecule has 0 fully saturated rings. The Balaban J connectivity index is 1.98. The summed E-state index contributed by atoms with van der Waals surface area (Å²) in [6, 6.07) is 5.79. The molecule has 0 bridgehead atoms. The van der Waals surface area contributed by atoms with Crippen molar-refractivity contribution in [2.75, 3.05) is 11.1 Å². The van der Waals surface area contributed by atoms with E-state index in [9.17, 15) is 0 Å². The van der Waals surface area contributed by atoms with Crippen LogP contribution >= 0.6 is 11.3 Å². The molecular formula is C15H17N5S. The van der Waals surface area contributed by atoms with Crippen molar-refractivity contribution < 1.29 is 0 Å². The van der Waals surface area contributed by atoms with Gasteiger partial charge in [0.05, 0.1) is 22.3 Å². The summed E-state index contributed by atoms with van der Waals surface area (Å²) in [5.74, 6) is 0.797. The molecule has 0 aliphatic heterocycles. The van der Waals surface area contributed by atoms with Gasteiger partial charge in [0, 0.05) is 16.0 Å². The molecule has 3 N–H and O–H groups in total. The molecule has 0 aliphatic carbocycles. The molecule has 2 heterocycles. The largest absolute Gasteiger partial charge is 0.399 e. The Morgan fingerprint density at radius 3 is 2.76 bits per heavy atom. The predicted molar refractivity (Wildman–Crippen MR) is 87.6 cm³/mol. The molecular weight excluding hydrogens is 282 g/mol. The summed E-state index contributed by atoms with van der Waals surface area (Å²) in [4.78, 5) is 14.3. The predicted octanol–water partition coefficient (Wildman–Crippen LogP) is 3.46. The minimum absolute atomic E-state index is 0.135. The molecule has 0 aliphatic rings. The summed E-state index contributed by atoms with van der Waals surface area (Å²) in [5.41, 5.74) is 8.52. The number of rotatable bonds is 3. The molecule has 5 nitrogen and oxygen atoms in total. The molecule has 0 saturated heterocycles. The van der Waals surface area contributed by atoms with E-state index >= 15 is 0 Å². The maximum absolute atomic E-state index is 5.87. The van der Waals surface area contributed by atoms with Crippen molar-refractivity contribution >= 4 is 33.7 Å². The van der Waals surface area contributed by atoms with Gasteiger partial charge in [-0.2, -0.15) is 0 Å². The average Bonchev–Trinajstić information content (AvgIpc) is 2.78. The van der Waals surface area contributed by atoms with E-state index in [-0.39, 0.29) is 6.04 Å². The first-order valence-electron chi connectivity index (χ1n) is 6.75. The minimum Gasteiger partial charge on any atom is -0.399 e. The fraction of sp³-hybridized carbons (Fsp3) is 0.267. The zero-order chi connectivity index (χ0) is 15.0. The Morgan fingerprint density at radius 2 is 2.05 bits per heavy atom. The number of hydrogen-bond donors (Lipinski definition) is 2. The van der Waals surface area contributed by atoms with Gasteiger partial charge in [-0.3, -0.25) is 0 Å². The first kappa shape index (κ1) is 13.8. The zero-order valence-electron chi connectivity index (χ0n) is 12.2. The lowest BCUT2D eigenvalue weighted by Gasteiger charge is -2.15. The van der Waals surface area contributed by atoms with Crippen molar-refractivity contribution in [3.05, 3.63) is 40.1 Å². The maximum Gasteiger partial charge on any atom is 0.137 e. The monoisotopic (exact) mass is 299 g/mol. The Kier molecular flexibility index (Phi) is 3.47. The van der Waals surface area contributed by atoms with Crippen molar-refractivity contribution in [2.45, 2.75) is 26.8 Å². The fourth-order valence-electron chi connectivity index (χ4n) is 2.41. The Hall–Kier alpha value is -2.21. The molecule has 1 aromatic carbocycles. The van der Waals surface area contributed by atoms with E-state index in [2.05, 4.69) is 27.2 Å². The van der Waals surface area contributed by atoms with Gasteiger partial charge >= 0.3 is 0 Å². The van der Waals surface area contributed by atoms with E-state index in [4.69, 9.17) is 5.73 Å². The van der Waals surface area contributed by atoms with E-state index in [1.807, 2.05) is 32.0 Å². The number of fused-ring (bicyclic) bond motifs is 1. The summed E-state index contributed by atoms with van der Waals surface area (Å²) in [6.45, 7) is 6.17. The van der Waals surface area contributed by atoms with Gasteiger partial charge < -0.3 is 11.1 Å². The van der Waals surface area contributed by atoms with Gasteiger partial charge in [0.25, 0.3) is 0 Å². The minimum atomic E-state index is 0.135. The first-order chi connectivity index (χ1) is 10.0. The third kappa shape index (κ3) is 2.67. The van der Waals surface area contributed by atoms with E-state index in [1.54, 1.807) is 17.7 Å². The van der Waals surface area contributed by atoms with Gasteiger partial charge in [-0.15, -0.1) is 11.3 Å². The van der Waals surface area contributed by atoms with Crippen molar-refractivity contribution in [3.63, 3.8) is 0 Å². The topological polar surface area (TPSA) is 76.7 Å². The lowest BCUT2D eigenvalue weighted by Crippen LogP contribution is -2.08. The van der Waals surface area contributed by atoms with Gasteiger partial charge in [-0.1, -0.05) is 0 Å². The molecule has 21 heavy (non-hydrogen) atoms. The van der Waals surface area contributed by atoms with Crippen LogP contribution < -0.4 is 11.1 Å². The second-order valence-corrected chi connectivity index (χ2v) is 6.28.